The number of nitrogens with one attached hydrogen (secondary N) is 1. The Morgan fingerprint density at radius 3 is 2.56 bits per heavy atom. The highest BCUT2D eigenvalue weighted by Gasteiger charge is 2.37. The van der Waals surface area contributed by atoms with Gasteiger partial charge in [-0.3, -0.25) is 4.79 Å². The molecular weight excluding hydrogens is 370 g/mol. The first kappa shape index (κ1) is 17.5. The normalized spacial score (nSPS) is 15.7. The molecule has 6 heteroatoms. The third-order valence-electron chi connectivity index (χ3n) is 4.58. The molecule has 27 heavy (non-hydrogen) atoms. The Morgan fingerprint density at radius 1 is 1.00 bits per heavy atom. The number of hydrogen-bond acceptors (Lipinski definition) is 2. The Hall–Kier alpha value is -2.92. The highest BCUT2D eigenvalue weighted by molar-refractivity contribution is 6.31. The van der Waals surface area contributed by atoms with Crippen molar-refractivity contribution in [1.82, 2.24) is 4.90 Å². The van der Waals surface area contributed by atoms with Crippen molar-refractivity contribution in [3.05, 3.63) is 100 Å². The fourth-order valence-corrected chi connectivity index (χ4v) is 3.45. The summed E-state index contributed by atoms with van der Waals surface area (Å²) >= 11 is 6.25. The molecule has 1 atom stereocenters. The van der Waals surface area contributed by atoms with E-state index in [9.17, 15) is 13.6 Å². The fourth-order valence-electron chi connectivity index (χ4n) is 3.25. The standard InChI is InChI=1S/C21H15ClF2N2O/c22-17-8-4-1-5-13(17)12-26-20(15-6-2-3-7-16(15)21(26)27)25-19-11-14(23)9-10-18(19)24/h1-11,20,25H,12H2. The topological polar surface area (TPSA) is 32.3 Å². The number of halogens is 3. The third kappa shape index (κ3) is 3.26. The smallest absolute Gasteiger partial charge is 0.256 e. The van der Waals surface area contributed by atoms with Gasteiger partial charge in [-0.05, 0) is 29.8 Å². The molecule has 1 amide bonds. The van der Waals surface area contributed by atoms with E-state index in [1.54, 1.807) is 29.2 Å². The lowest BCUT2D eigenvalue weighted by Crippen LogP contribution is -2.32. The van der Waals surface area contributed by atoms with Gasteiger partial charge >= 0.3 is 0 Å². The van der Waals surface area contributed by atoms with E-state index < -0.39 is 17.8 Å². The summed E-state index contributed by atoms with van der Waals surface area (Å²) in [5.41, 5.74) is 2.00. The van der Waals surface area contributed by atoms with Gasteiger partial charge in [-0.25, -0.2) is 8.78 Å². The van der Waals surface area contributed by atoms with Crippen LogP contribution in [0.15, 0.2) is 66.7 Å². The Labute approximate surface area is 160 Å². The van der Waals surface area contributed by atoms with Gasteiger partial charge in [0.05, 0.1) is 5.69 Å². The molecule has 1 N–H and O–H groups in total. The number of carbonyl (C=O) groups excluding carboxylic acids is 1. The van der Waals surface area contributed by atoms with Crippen molar-refractivity contribution in [3.8, 4) is 0 Å². The molecule has 1 aliphatic heterocycles. The molecule has 1 aliphatic rings. The molecule has 3 nitrogen and oxygen atoms in total. The van der Waals surface area contributed by atoms with E-state index in [0.29, 0.717) is 16.1 Å². The minimum atomic E-state index is -0.638. The Kier molecular flexibility index (Phi) is 4.54. The summed E-state index contributed by atoms with van der Waals surface area (Å²) < 4.78 is 27.7. The summed E-state index contributed by atoms with van der Waals surface area (Å²) in [5.74, 6) is -1.35. The molecule has 4 rings (SSSR count). The van der Waals surface area contributed by atoms with Crippen LogP contribution in [0.1, 0.15) is 27.7 Å². The van der Waals surface area contributed by atoms with E-state index in [1.807, 2.05) is 24.3 Å². The second kappa shape index (κ2) is 7.00. The van der Waals surface area contributed by atoms with Crippen LogP contribution in [0.5, 0.6) is 0 Å². The molecule has 0 bridgehead atoms. The molecule has 1 unspecified atom stereocenters. The summed E-state index contributed by atoms with van der Waals surface area (Å²) in [5, 5.41) is 3.51. The van der Waals surface area contributed by atoms with Gasteiger partial charge in [-0.15, -0.1) is 0 Å². The molecule has 3 aromatic carbocycles. The molecular formula is C21H15ClF2N2O. The summed E-state index contributed by atoms with van der Waals surface area (Å²) in [6.45, 7) is 0.238. The first-order valence-corrected chi connectivity index (χ1v) is 8.77. The lowest BCUT2D eigenvalue weighted by atomic mass is 10.1. The van der Waals surface area contributed by atoms with Crippen LogP contribution < -0.4 is 5.32 Å². The fraction of sp³-hybridized carbons (Fsp3) is 0.0952. The van der Waals surface area contributed by atoms with Crippen LogP contribution in [0.4, 0.5) is 14.5 Å². The maximum atomic E-state index is 14.2. The average molecular weight is 385 g/mol. The van der Waals surface area contributed by atoms with Crippen molar-refractivity contribution in [2.24, 2.45) is 0 Å². The number of anilines is 1. The van der Waals surface area contributed by atoms with E-state index >= 15 is 0 Å². The largest absolute Gasteiger partial charge is 0.359 e. The number of rotatable bonds is 4. The number of benzene rings is 3. The van der Waals surface area contributed by atoms with Crippen LogP contribution >= 0.6 is 11.6 Å². The maximum absolute atomic E-state index is 14.2. The zero-order valence-electron chi connectivity index (χ0n) is 14.1. The molecule has 136 valence electrons. The number of nitrogens with zero attached hydrogens (tertiary/aromatic N) is 1. The zero-order chi connectivity index (χ0) is 19.0. The Balaban J connectivity index is 1.74. The maximum Gasteiger partial charge on any atom is 0.256 e. The van der Waals surface area contributed by atoms with Gasteiger partial charge in [-0.2, -0.15) is 0 Å². The number of hydrogen-bond donors (Lipinski definition) is 1. The average Bonchev–Trinajstić information content (AvgIpc) is 2.92. The van der Waals surface area contributed by atoms with Gasteiger partial charge in [0.1, 0.15) is 17.8 Å². The Bertz CT molecular complexity index is 1020. The van der Waals surface area contributed by atoms with Crippen LogP contribution in [-0.4, -0.2) is 10.8 Å². The van der Waals surface area contributed by atoms with Crippen LogP contribution in [0.25, 0.3) is 0 Å². The summed E-state index contributed by atoms with van der Waals surface area (Å²) in [6, 6.07) is 17.5. The second-order valence-electron chi connectivity index (χ2n) is 6.28. The molecule has 0 saturated heterocycles. The predicted octanol–water partition coefficient (Wildman–Crippen LogP) is 5.38. The molecule has 1 heterocycles. The van der Waals surface area contributed by atoms with E-state index in [-0.39, 0.29) is 18.1 Å². The second-order valence-corrected chi connectivity index (χ2v) is 6.69. The molecule has 0 radical (unpaired) electrons. The number of carbonyl (C=O) groups is 1. The zero-order valence-corrected chi connectivity index (χ0v) is 14.9. The van der Waals surface area contributed by atoms with Crippen LogP contribution in [-0.2, 0) is 6.54 Å². The summed E-state index contributed by atoms with van der Waals surface area (Å²) in [6.07, 6.45) is -0.638. The monoisotopic (exact) mass is 384 g/mol. The quantitative estimate of drug-likeness (QED) is 0.654. The minimum absolute atomic E-state index is 0.00587. The Morgan fingerprint density at radius 2 is 1.74 bits per heavy atom. The number of fused-ring (bicyclic) bond motifs is 1. The predicted molar refractivity (Wildman–Crippen MR) is 100 cm³/mol. The van der Waals surface area contributed by atoms with Crippen molar-refractivity contribution in [3.63, 3.8) is 0 Å². The van der Waals surface area contributed by atoms with E-state index in [0.717, 1.165) is 23.8 Å². The lowest BCUT2D eigenvalue weighted by Gasteiger charge is -2.27. The van der Waals surface area contributed by atoms with Crippen LogP contribution in [0.2, 0.25) is 5.02 Å². The molecule has 0 fully saturated rings. The van der Waals surface area contributed by atoms with Crippen LogP contribution in [0, 0.1) is 11.6 Å². The first-order valence-electron chi connectivity index (χ1n) is 8.39. The number of amides is 1. The van der Waals surface area contributed by atoms with Gasteiger partial charge in [0.2, 0.25) is 0 Å². The highest BCUT2D eigenvalue weighted by atomic mass is 35.5. The van der Waals surface area contributed by atoms with E-state index in [4.69, 9.17) is 11.6 Å². The van der Waals surface area contributed by atoms with Crippen molar-refractivity contribution in [2.45, 2.75) is 12.7 Å². The van der Waals surface area contributed by atoms with Gasteiger partial charge in [-0.1, -0.05) is 48.0 Å². The van der Waals surface area contributed by atoms with Gasteiger partial charge in [0.15, 0.2) is 0 Å². The molecule has 0 saturated carbocycles. The lowest BCUT2D eigenvalue weighted by molar-refractivity contribution is 0.0728. The van der Waals surface area contributed by atoms with E-state index in [1.165, 1.54) is 0 Å². The molecule has 0 spiro atoms. The van der Waals surface area contributed by atoms with Crippen molar-refractivity contribution in [1.29, 1.82) is 0 Å². The minimum Gasteiger partial charge on any atom is -0.359 e. The van der Waals surface area contributed by atoms with Gasteiger partial charge < -0.3 is 10.2 Å². The molecule has 0 aromatic heterocycles. The molecule has 3 aromatic rings. The summed E-state index contributed by atoms with van der Waals surface area (Å²) in [7, 11) is 0. The van der Waals surface area contributed by atoms with Gasteiger partial charge in [0.25, 0.3) is 5.91 Å². The van der Waals surface area contributed by atoms with Crippen LogP contribution in [0.3, 0.4) is 0 Å². The first-order chi connectivity index (χ1) is 13.0. The van der Waals surface area contributed by atoms with Crippen molar-refractivity contribution >= 4 is 23.2 Å². The molecule has 0 aliphatic carbocycles. The summed E-state index contributed by atoms with van der Waals surface area (Å²) in [4.78, 5) is 14.5. The van der Waals surface area contributed by atoms with Crippen molar-refractivity contribution in [2.75, 3.05) is 5.32 Å². The highest BCUT2D eigenvalue weighted by Crippen LogP contribution is 2.36. The SMILES string of the molecule is O=C1c2ccccc2C(Nc2cc(F)ccc2F)N1Cc1ccccc1Cl. The van der Waals surface area contributed by atoms with Crippen molar-refractivity contribution < 1.29 is 13.6 Å². The van der Waals surface area contributed by atoms with E-state index in [2.05, 4.69) is 5.32 Å². The van der Waals surface area contributed by atoms with Gasteiger partial charge in [0, 0.05) is 28.8 Å². The third-order valence-corrected chi connectivity index (χ3v) is 4.95.